The van der Waals surface area contributed by atoms with Gasteiger partial charge in [-0.3, -0.25) is 14.6 Å². The monoisotopic (exact) mass is 663 g/mol. The molecular formula is C29H31BrN9O3P. The SMILES string of the molecule is COc1cc(N2CCOCC2)c(-c2ccnn2C)cc1Nc1ncc(Br)c(Nc2ccc3nccnc3c2P(C)(C)=O)n1. The molecule has 0 unspecified atom stereocenters. The Hall–Kier alpha value is -4.06. The zero-order valence-corrected chi connectivity index (χ0v) is 26.7. The van der Waals surface area contributed by atoms with Crippen molar-refractivity contribution in [2.24, 2.45) is 7.05 Å². The average molecular weight is 665 g/mol. The van der Waals surface area contributed by atoms with Crippen LogP contribution in [-0.2, 0) is 16.3 Å². The number of aryl methyl sites for hydroxylation is 1. The lowest BCUT2D eigenvalue weighted by Crippen LogP contribution is -2.36. The van der Waals surface area contributed by atoms with Crippen LogP contribution >= 0.6 is 23.1 Å². The van der Waals surface area contributed by atoms with Crippen molar-refractivity contribution >= 4 is 68.2 Å². The van der Waals surface area contributed by atoms with Gasteiger partial charge in [0.05, 0.1) is 58.4 Å². The van der Waals surface area contributed by atoms with Crippen LogP contribution in [0.15, 0.2) is 59.6 Å². The lowest BCUT2D eigenvalue weighted by molar-refractivity contribution is 0.122. The number of nitrogens with one attached hydrogen (secondary N) is 2. The van der Waals surface area contributed by atoms with E-state index in [0.29, 0.717) is 62.9 Å². The molecule has 5 aromatic rings. The number of aromatic nitrogens is 6. The summed E-state index contributed by atoms with van der Waals surface area (Å²) in [4.78, 5) is 20.4. The number of benzene rings is 2. The van der Waals surface area contributed by atoms with Crippen molar-refractivity contribution in [3.63, 3.8) is 0 Å². The molecule has 4 heterocycles. The minimum Gasteiger partial charge on any atom is -0.494 e. The van der Waals surface area contributed by atoms with Crippen molar-refractivity contribution < 1.29 is 14.0 Å². The second kappa shape index (κ2) is 11.9. The number of hydrogen-bond donors (Lipinski definition) is 2. The maximum atomic E-state index is 13.4. The summed E-state index contributed by atoms with van der Waals surface area (Å²) in [7, 11) is 0.804. The molecule has 1 aliphatic rings. The molecule has 222 valence electrons. The van der Waals surface area contributed by atoms with Crippen molar-refractivity contribution in [3.05, 3.63) is 59.6 Å². The Morgan fingerprint density at radius 1 is 1.00 bits per heavy atom. The number of methoxy groups -OCH3 is 1. The minimum atomic E-state index is -2.76. The van der Waals surface area contributed by atoms with Crippen LogP contribution in [0.3, 0.4) is 0 Å². The Morgan fingerprint density at radius 2 is 1.79 bits per heavy atom. The van der Waals surface area contributed by atoms with E-state index in [2.05, 4.69) is 51.5 Å². The van der Waals surface area contributed by atoms with Crippen molar-refractivity contribution in [1.82, 2.24) is 29.7 Å². The van der Waals surface area contributed by atoms with Crippen LogP contribution < -0.4 is 25.6 Å². The maximum Gasteiger partial charge on any atom is 0.229 e. The smallest absolute Gasteiger partial charge is 0.229 e. The molecule has 12 nitrogen and oxygen atoms in total. The molecule has 1 fully saturated rings. The van der Waals surface area contributed by atoms with Gasteiger partial charge in [0.25, 0.3) is 0 Å². The molecule has 3 aromatic heterocycles. The molecular weight excluding hydrogens is 633 g/mol. The Bertz CT molecular complexity index is 1850. The molecule has 1 aliphatic heterocycles. The lowest BCUT2D eigenvalue weighted by Gasteiger charge is -2.31. The number of morpholine rings is 1. The highest BCUT2D eigenvalue weighted by atomic mass is 79.9. The van der Waals surface area contributed by atoms with E-state index in [1.807, 2.05) is 42.1 Å². The molecule has 0 saturated carbocycles. The van der Waals surface area contributed by atoms with Crippen molar-refractivity contribution in [3.8, 4) is 17.0 Å². The highest BCUT2D eigenvalue weighted by Crippen LogP contribution is 2.42. The van der Waals surface area contributed by atoms with E-state index in [0.717, 1.165) is 30.0 Å². The second-order valence-electron chi connectivity index (χ2n) is 10.4. The van der Waals surface area contributed by atoms with Crippen molar-refractivity contribution in [2.45, 2.75) is 0 Å². The molecule has 0 radical (unpaired) electrons. The molecule has 0 atom stereocenters. The number of hydrogen-bond acceptors (Lipinski definition) is 11. The highest BCUT2D eigenvalue weighted by molar-refractivity contribution is 9.10. The van der Waals surface area contributed by atoms with E-state index >= 15 is 0 Å². The summed E-state index contributed by atoms with van der Waals surface area (Å²) in [6.07, 6.45) is 6.66. The molecule has 0 amide bonds. The summed E-state index contributed by atoms with van der Waals surface area (Å²) < 4.78 is 27.3. The second-order valence-corrected chi connectivity index (χ2v) is 14.4. The number of rotatable bonds is 8. The predicted molar refractivity (Wildman–Crippen MR) is 173 cm³/mol. The molecule has 1 saturated heterocycles. The Labute approximate surface area is 257 Å². The Morgan fingerprint density at radius 3 is 2.51 bits per heavy atom. The normalized spacial score (nSPS) is 13.7. The van der Waals surface area contributed by atoms with Gasteiger partial charge < -0.3 is 29.6 Å². The zero-order valence-electron chi connectivity index (χ0n) is 24.2. The predicted octanol–water partition coefficient (Wildman–Crippen LogP) is 5.16. The average Bonchev–Trinajstić information content (AvgIpc) is 3.43. The van der Waals surface area contributed by atoms with Gasteiger partial charge in [-0.05, 0) is 53.5 Å². The van der Waals surface area contributed by atoms with Crippen molar-refractivity contribution in [2.75, 3.05) is 62.3 Å². The van der Waals surface area contributed by atoms with Gasteiger partial charge in [-0.2, -0.15) is 10.1 Å². The molecule has 2 aromatic carbocycles. The van der Waals surface area contributed by atoms with Gasteiger partial charge in [0, 0.05) is 56.6 Å². The first-order chi connectivity index (χ1) is 20.7. The fraction of sp³-hybridized carbons (Fsp3) is 0.276. The van der Waals surface area contributed by atoms with Gasteiger partial charge in [0.2, 0.25) is 5.95 Å². The molecule has 0 spiro atoms. The van der Waals surface area contributed by atoms with Crippen LogP contribution in [0.4, 0.5) is 28.8 Å². The van der Waals surface area contributed by atoms with Crippen LogP contribution in [-0.4, -0.2) is 76.5 Å². The van der Waals surface area contributed by atoms with E-state index in [1.54, 1.807) is 45.2 Å². The summed E-state index contributed by atoms with van der Waals surface area (Å²) in [5, 5.41) is 11.7. The van der Waals surface area contributed by atoms with E-state index in [4.69, 9.17) is 14.5 Å². The minimum absolute atomic E-state index is 0.345. The van der Waals surface area contributed by atoms with Gasteiger partial charge in [-0.1, -0.05) is 0 Å². The van der Waals surface area contributed by atoms with E-state index < -0.39 is 7.14 Å². The number of nitrogens with zero attached hydrogens (tertiary/aromatic N) is 7. The van der Waals surface area contributed by atoms with E-state index in [9.17, 15) is 4.57 Å². The molecule has 0 bridgehead atoms. The third-order valence-electron chi connectivity index (χ3n) is 7.16. The number of halogens is 1. The van der Waals surface area contributed by atoms with Crippen LogP contribution in [0.25, 0.3) is 22.3 Å². The third-order valence-corrected chi connectivity index (χ3v) is 9.27. The van der Waals surface area contributed by atoms with Gasteiger partial charge in [0.15, 0.2) is 0 Å². The molecule has 43 heavy (non-hydrogen) atoms. The molecule has 0 aliphatic carbocycles. The fourth-order valence-electron chi connectivity index (χ4n) is 5.18. The van der Waals surface area contributed by atoms with E-state index in [1.165, 1.54) is 0 Å². The topological polar surface area (TPSA) is 132 Å². The summed E-state index contributed by atoms with van der Waals surface area (Å²) in [6, 6.07) is 9.74. The molecule has 14 heteroatoms. The third kappa shape index (κ3) is 5.93. The van der Waals surface area contributed by atoms with Crippen LogP contribution in [0.2, 0.25) is 0 Å². The summed E-state index contributed by atoms with van der Waals surface area (Å²) in [6.45, 7) is 6.30. The quantitative estimate of drug-likeness (QED) is 0.213. The molecule has 6 rings (SSSR count). The number of anilines is 5. The first kappa shape index (κ1) is 29.0. The largest absolute Gasteiger partial charge is 0.494 e. The van der Waals surface area contributed by atoms with Gasteiger partial charge >= 0.3 is 0 Å². The van der Waals surface area contributed by atoms with Gasteiger partial charge in [-0.15, -0.1) is 0 Å². The standard InChI is InChI=1S/C29H31BrN9O3P/c1-38-23(7-8-34-38)18-15-22(25(41-2)16-24(18)39-11-13-42-14-12-39)36-29-33-17-19(30)28(37-29)35-21-6-5-20-26(32-10-9-31-20)27(21)43(3,4)40/h5-10,15-17H,11-14H2,1-4H3,(H2,33,35,36,37). The lowest BCUT2D eigenvalue weighted by atomic mass is 10.1. The summed E-state index contributed by atoms with van der Waals surface area (Å²) in [5.74, 6) is 1.48. The Kier molecular flexibility index (Phi) is 8.04. The number of ether oxygens (including phenoxy) is 2. The fourth-order valence-corrected chi connectivity index (χ4v) is 6.86. The zero-order chi connectivity index (χ0) is 30.1. The Balaban J connectivity index is 1.39. The summed E-state index contributed by atoms with van der Waals surface area (Å²) in [5.41, 5.74) is 5.58. The first-order valence-electron chi connectivity index (χ1n) is 13.6. The van der Waals surface area contributed by atoms with Crippen molar-refractivity contribution in [1.29, 1.82) is 0 Å². The van der Waals surface area contributed by atoms with Crippen LogP contribution in [0.1, 0.15) is 0 Å². The molecule has 2 N–H and O–H groups in total. The van der Waals surface area contributed by atoms with E-state index in [-0.39, 0.29) is 0 Å². The summed E-state index contributed by atoms with van der Waals surface area (Å²) >= 11 is 3.56. The maximum absolute atomic E-state index is 13.4. The van der Waals surface area contributed by atoms with Crippen LogP contribution in [0.5, 0.6) is 5.75 Å². The highest BCUT2D eigenvalue weighted by Gasteiger charge is 2.24. The first-order valence-corrected chi connectivity index (χ1v) is 17.0. The van der Waals surface area contributed by atoms with Crippen LogP contribution in [0, 0.1) is 0 Å². The number of fused-ring (bicyclic) bond motifs is 1. The van der Waals surface area contributed by atoms with Gasteiger partial charge in [0.1, 0.15) is 24.2 Å². The van der Waals surface area contributed by atoms with Gasteiger partial charge in [-0.25, -0.2) is 4.98 Å².